The van der Waals surface area contributed by atoms with Crippen LogP contribution in [0.3, 0.4) is 0 Å². The van der Waals surface area contributed by atoms with Crippen LogP contribution in [0.2, 0.25) is 0 Å². The van der Waals surface area contributed by atoms with Crippen molar-refractivity contribution in [1.29, 1.82) is 0 Å². The van der Waals surface area contributed by atoms with Crippen molar-refractivity contribution in [3.8, 4) is 0 Å². The Balaban J connectivity index is 1.20. The first-order chi connectivity index (χ1) is 23.9. The number of carbonyl (C=O) groups is 5. The van der Waals surface area contributed by atoms with Crippen LogP contribution < -0.4 is 5.32 Å². The minimum atomic E-state index is -2.58. The smallest absolute Gasteiger partial charge is 0.408 e. The number of nitrogens with zero attached hydrogens (tertiary/aromatic N) is 1. The first kappa shape index (κ1) is 37.5. The predicted molar refractivity (Wildman–Crippen MR) is 169 cm³/mol. The molecule has 5 rings (SSSR count). The molecule has 1 aromatic carbocycles. The SMILES string of the molecule is C[C@]12C=CC(=O)C=C1CC[C@H]1[C@@H]3C[C@@H](O)[C@](O)(C(=O)COC(=O)NC(COC(=O)c4ccc(CCO[N+](=O)[O-])cc4)C(=O)O)[C@@]3(C)C[C@H](O)[C@@]12F. The van der Waals surface area contributed by atoms with E-state index in [1.165, 1.54) is 49.4 Å². The molecule has 276 valence electrons. The third kappa shape index (κ3) is 6.38. The highest BCUT2D eigenvalue weighted by Crippen LogP contribution is 2.69. The summed E-state index contributed by atoms with van der Waals surface area (Å²) >= 11 is 0. The number of amides is 1. The highest BCUT2D eigenvalue weighted by atomic mass is 19.1. The van der Waals surface area contributed by atoms with Gasteiger partial charge in [-0.1, -0.05) is 30.7 Å². The molecule has 16 nitrogen and oxygen atoms in total. The lowest BCUT2D eigenvalue weighted by atomic mass is 9.44. The molecular weight excluding hydrogens is 679 g/mol. The quantitative estimate of drug-likeness (QED) is 0.117. The Morgan fingerprint density at radius 1 is 1.10 bits per heavy atom. The van der Waals surface area contributed by atoms with Crippen molar-refractivity contribution in [3.05, 3.63) is 69.3 Å². The fourth-order valence-electron chi connectivity index (χ4n) is 8.62. The maximum absolute atomic E-state index is 17.3. The standard InChI is InChI=1S/C34H39FN2O14/c1-31-11-9-21(38)13-20(31)7-8-22-23-14-25(39)34(46,32(23,2)15-26(40)33(22,31)35)27(41)17-50-30(45)36-24(28(42)43)16-49-29(44)19-5-3-18(4-6-19)10-12-51-37(47)48/h3-6,9,11,13,22-26,39-40,46H,7-8,10,12,14-17H2,1-2H3,(H,36,45)(H,42,43)/t22-,23-,24?,25+,26-,31-,32-,33-,34-/m0/s1. The Hall–Kier alpha value is -4.74. The molecule has 0 radical (unpaired) electrons. The van der Waals surface area contributed by atoms with E-state index in [0.717, 1.165) is 0 Å². The maximum Gasteiger partial charge on any atom is 0.408 e. The van der Waals surface area contributed by atoms with Crippen LogP contribution in [0.4, 0.5) is 9.18 Å². The lowest BCUT2D eigenvalue weighted by Crippen LogP contribution is -2.69. The van der Waals surface area contributed by atoms with E-state index < -0.39 is 101 Å². The number of carbonyl (C=O) groups excluding carboxylic acids is 4. The Labute approximate surface area is 290 Å². The van der Waals surface area contributed by atoms with E-state index in [1.807, 2.05) is 5.32 Å². The number of esters is 1. The summed E-state index contributed by atoms with van der Waals surface area (Å²) in [6.45, 7) is 0.898. The number of nitrogens with one attached hydrogen (secondary N) is 1. The first-order valence-corrected chi connectivity index (χ1v) is 16.3. The molecule has 0 heterocycles. The number of ketones is 2. The van der Waals surface area contributed by atoms with Gasteiger partial charge in [0, 0.05) is 16.7 Å². The molecule has 0 aromatic heterocycles. The molecule has 51 heavy (non-hydrogen) atoms. The third-order valence-electron chi connectivity index (χ3n) is 11.4. The largest absolute Gasteiger partial charge is 0.480 e. The molecule has 1 aromatic rings. The highest BCUT2D eigenvalue weighted by molar-refractivity contribution is 6.01. The lowest BCUT2D eigenvalue weighted by Gasteiger charge is -2.62. The number of hydrogen-bond donors (Lipinski definition) is 5. The minimum absolute atomic E-state index is 0.0174. The van der Waals surface area contributed by atoms with Gasteiger partial charge in [0.25, 0.3) is 5.09 Å². The van der Waals surface area contributed by atoms with Gasteiger partial charge in [0.1, 0.15) is 13.2 Å². The van der Waals surface area contributed by atoms with Crippen molar-refractivity contribution in [2.75, 3.05) is 19.8 Å². The molecule has 0 bridgehead atoms. The van der Waals surface area contributed by atoms with Gasteiger partial charge >= 0.3 is 18.0 Å². The molecular formula is C34H39FN2O14. The summed E-state index contributed by atoms with van der Waals surface area (Å²) in [5, 5.41) is 55.2. The summed E-state index contributed by atoms with van der Waals surface area (Å²) in [5.41, 5.74) is -6.59. The number of Topliss-reactive ketones (excluding diaryl/α,β-unsaturated/α-hetero) is 1. The van der Waals surface area contributed by atoms with Crippen molar-refractivity contribution in [1.82, 2.24) is 5.32 Å². The molecule has 1 amide bonds. The average molecular weight is 719 g/mol. The number of carboxylic acids is 1. The summed E-state index contributed by atoms with van der Waals surface area (Å²) in [6, 6.07) is 3.84. The fourth-order valence-corrected chi connectivity index (χ4v) is 8.62. The summed E-state index contributed by atoms with van der Waals surface area (Å²) < 4.78 is 27.2. The van der Waals surface area contributed by atoms with Gasteiger partial charge in [0.05, 0.1) is 17.8 Å². The summed E-state index contributed by atoms with van der Waals surface area (Å²) in [6.07, 6.45) is -0.735. The number of benzene rings is 1. The number of rotatable bonds is 12. The Morgan fingerprint density at radius 3 is 2.43 bits per heavy atom. The zero-order valence-corrected chi connectivity index (χ0v) is 27.8. The average Bonchev–Trinajstić information content (AvgIpc) is 3.27. The van der Waals surface area contributed by atoms with Crippen LogP contribution in [-0.2, 0) is 35.1 Å². The molecule has 4 aliphatic rings. The molecule has 9 atom stereocenters. The number of carboxylic acid groups (broad SMARTS) is 1. The number of fused-ring (bicyclic) bond motifs is 5. The van der Waals surface area contributed by atoms with Crippen molar-refractivity contribution in [2.24, 2.45) is 22.7 Å². The molecule has 0 spiro atoms. The number of alkyl halides is 1. The van der Waals surface area contributed by atoms with E-state index in [2.05, 4.69) is 4.84 Å². The van der Waals surface area contributed by atoms with E-state index in [9.17, 15) is 54.5 Å². The molecule has 3 fully saturated rings. The monoisotopic (exact) mass is 718 g/mol. The van der Waals surface area contributed by atoms with Gasteiger partial charge in [-0.25, -0.2) is 18.8 Å². The van der Waals surface area contributed by atoms with Crippen LogP contribution in [0, 0.1) is 32.8 Å². The van der Waals surface area contributed by atoms with Crippen LogP contribution in [0.15, 0.2) is 48.1 Å². The van der Waals surface area contributed by atoms with E-state index in [4.69, 9.17) is 9.47 Å². The van der Waals surface area contributed by atoms with E-state index in [-0.39, 0.29) is 37.2 Å². The summed E-state index contributed by atoms with van der Waals surface area (Å²) in [4.78, 5) is 76.9. The van der Waals surface area contributed by atoms with Crippen molar-refractivity contribution < 1.29 is 68.2 Å². The Bertz CT molecular complexity index is 1680. The second kappa shape index (κ2) is 13.8. The molecule has 0 saturated heterocycles. The molecule has 0 aliphatic heterocycles. The number of aliphatic carboxylic acids is 1. The van der Waals surface area contributed by atoms with Gasteiger partial charge in [-0.15, -0.1) is 10.1 Å². The molecule has 5 N–H and O–H groups in total. The Kier molecular flexibility index (Phi) is 10.1. The van der Waals surface area contributed by atoms with E-state index in [1.54, 1.807) is 6.92 Å². The van der Waals surface area contributed by atoms with Crippen LogP contribution in [-0.4, -0.2) is 104 Å². The number of aliphatic hydroxyl groups is 3. The van der Waals surface area contributed by atoms with Crippen LogP contribution in [0.25, 0.3) is 0 Å². The Morgan fingerprint density at radius 2 is 1.78 bits per heavy atom. The predicted octanol–water partition coefficient (Wildman–Crippen LogP) is 1.42. The molecule has 4 aliphatic carbocycles. The van der Waals surface area contributed by atoms with Gasteiger partial charge < -0.3 is 40.1 Å². The van der Waals surface area contributed by atoms with Gasteiger partial charge in [-0.3, -0.25) is 9.59 Å². The first-order valence-electron chi connectivity index (χ1n) is 16.3. The molecule has 3 saturated carbocycles. The normalized spacial score (nSPS) is 34.2. The zero-order chi connectivity index (χ0) is 37.5. The van der Waals surface area contributed by atoms with Crippen LogP contribution in [0.1, 0.15) is 55.5 Å². The number of ether oxygens (including phenoxy) is 2. The molecule has 17 heteroatoms. The highest BCUT2D eigenvalue weighted by Gasteiger charge is 2.76. The lowest BCUT2D eigenvalue weighted by molar-refractivity contribution is -0.757. The zero-order valence-electron chi connectivity index (χ0n) is 27.8. The van der Waals surface area contributed by atoms with Crippen molar-refractivity contribution >= 4 is 29.6 Å². The van der Waals surface area contributed by atoms with E-state index in [0.29, 0.717) is 17.6 Å². The molecule has 1 unspecified atom stereocenters. The fraction of sp³-hybridized carbons (Fsp3) is 0.559. The van der Waals surface area contributed by atoms with Crippen molar-refractivity contribution in [3.63, 3.8) is 0 Å². The third-order valence-corrected chi connectivity index (χ3v) is 11.4. The van der Waals surface area contributed by atoms with Gasteiger partial charge in [-0.05, 0) is 74.8 Å². The maximum atomic E-state index is 17.3. The summed E-state index contributed by atoms with van der Waals surface area (Å²) in [7, 11) is 0. The van der Waals surface area contributed by atoms with Gasteiger partial charge in [-0.2, -0.15) is 0 Å². The van der Waals surface area contributed by atoms with Gasteiger partial charge in [0.15, 0.2) is 29.7 Å². The van der Waals surface area contributed by atoms with Gasteiger partial charge in [0.2, 0.25) is 5.78 Å². The number of alkyl carbamates (subject to hydrolysis) is 1. The minimum Gasteiger partial charge on any atom is -0.480 e. The van der Waals surface area contributed by atoms with Crippen molar-refractivity contribution in [2.45, 2.75) is 75.5 Å². The number of allylic oxidation sites excluding steroid dienone is 4. The van der Waals surface area contributed by atoms with Crippen LogP contribution in [0.5, 0.6) is 0 Å². The second-order valence-electron chi connectivity index (χ2n) is 13.9. The number of aliphatic hydroxyl groups excluding tert-OH is 2. The van der Waals surface area contributed by atoms with E-state index >= 15 is 4.39 Å². The topological polar surface area (TPSA) is 249 Å². The number of hydrogen-bond acceptors (Lipinski definition) is 13. The number of halogens is 1. The summed E-state index contributed by atoms with van der Waals surface area (Å²) in [5.74, 6) is -5.71. The second-order valence-corrected chi connectivity index (χ2v) is 13.9. The van der Waals surface area contributed by atoms with Crippen LogP contribution >= 0.6 is 0 Å².